The van der Waals surface area contributed by atoms with E-state index in [1.54, 1.807) is 5.57 Å². The van der Waals surface area contributed by atoms with Crippen LogP contribution in [0.2, 0.25) is 0 Å². The molecule has 0 spiro atoms. The van der Waals surface area contributed by atoms with Crippen molar-refractivity contribution in [3.8, 4) is 0 Å². The van der Waals surface area contributed by atoms with Gasteiger partial charge in [-0.15, -0.1) is 0 Å². The van der Waals surface area contributed by atoms with Crippen molar-refractivity contribution < 1.29 is 5.11 Å². The molecule has 4 rings (SSSR count). The van der Waals surface area contributed by atoms with E-state index in [1.165, 1.54) is 44.9 Å². The number of hydrogen-bond acceptors (Lipinski definition) is 2. The Labute approximate surface area is 141 Å². The van der Waals surface area contributed by atoms with Crippen molar-refractivity contribution in [1.82, 2.24) is 0 Å². The average Bonchev–Trinajstić information content (AvgIpc) is 2.85. The molecule has 0 aliphatic heterocycles. The van der Waals surface area contributed by atoms with Crippen LogP contribution in [0.3, 0.4) is 0 Å². The Kier molecular flexibility index (Phi) is 3.74. The van der Waals surface area contributed by atoms with Crippen LogP contribution in [0.4, 0.5) is 0 Å². The summed E-state index contributed by atoms with van der Waals surface area (Å²) < 4.78 is 0. The Bertz CT molecular complexity index is 512. The molecule has 23 heavy (non-hydrogen) atoms. The lowest BCUT2D eigenvalue weighted by atomic mass is 9.47. The zero-order chi connectivity index (χ0) is 16.4. The minimum atomic E-state index is -0.139. The second kappa shape index (κ2) is 5.33. The first-order valence-electron chi connectivity index (χ1n) is 9.99. The highest BCUT2D eigenvalue weighted by Crippen LogP contribution is 2.66. The molecule has 0 aromatic rings. The molecule has 130 valence electrons. The van der Waals surface area contributed by atoms with E-state index in [9.17, 15) is 5.11 Å². The van der Waals surface area contributed by atoms with E-state index in [0.29, 0.717) is 22.8 Å². The van der Waals surface area contributed by atoms with E-state index < -0.39 is 0 Å². The fraction of sp³-hybridized carbons (Fsp3) is 0.905. The molecule has 0 unspecified atom stereocenters. The van der Waals surface area contributed by atoms with Crippen molar-refractivity contribution in [3.05, 3.63) is 11.6 Å². The Hall–Kier alpha value is -0.340. The van der Waals surface area contributed by atoms with E-state index in [0.717, 1.165) is 24.2 Å². The molecule has 0 bridgehead atoms. The lowest BCUT2D eigenvalue weighted by Crippen LogP contribution is -2.51. The Morgan fingerprint density at radius 3 is 2.65 bits per heavy atom. The summed E-state index contributed by atoms with van der Waals surface area (Å²) in [6.07, 6.45) is 12.6. The smallest absolute Gasteiger partial charge is 0.0545 e. The Morgan fingerprint density at radius 1 is 1.13 bits per heavy atom. The largest absolute Gasteiger partial charge is 0.393 e. The Balaban J connectivity index is 1.65. The molecule has 0 aromatic carbocycles. The zero-order valence-electron chi connectivity index (χ0n) is 15.2. The molecule has 0 heterocycles. The fourth-order valence-electron chi connectivity index (χ4n) is 7.52. The highest BCUT2D eigenvalue weighted by atomic mass is 16.3. The van der Waals surface area contributed by atoms with Crippen LogP contribution in [0, 0.1) is 34.5 Å². The number of aliphatic hydroxyl groups is 1. The summed E-state index contributed by atoms with van der Waals surface area (Å²) in [7, 11) is 0. The van der Waals surface area contributed by atoms with Crippen molar-refractivity contribution in [2.45, 2.75) is 84.3 Å². The van der Waals surface area contributed by atoms with Crippen LogP contribution in [0.5, 0.6) is 0 Å². The van der Waals surface area contributed by atoms with E-state index in [2.05, 4.69) is 19.9 Å². The van der Waals surface area contributed by atoms with Gasteiger partial charge < -0.3 is 10.8 Å². The summed E-state index contributed by atoms with van der Waals surface area (Å²) in [5.41, 5.74) is 8.74. The molecule has 0 saturated heterocycles. The van der Waals surface area contributed by atoms with Crippen molar-refractivity contribution in [2.75, 3.05) is 0 Å². The fourth-order valence-corrected chi connectivity index (χ4v) is 7.52. The third-order valence-electron chi connectivity index (χ3n) is 8.80. The van der Waals surface area contributed by atoms with Gasteiger partial charge in [0, 0.05) is 6.04 Å². The molecule has 3 N–H and O–H groups in total. The van der Waals surface area contributed by atoms with Gasteiger partial charge in [-0.25, -0.2) is 0 Å². The van der Waals surface area contributed by atoms with Crippen molar-refractivity contribution >= 4 is 0 Å². The van der Waals surface area contributed by atoms with Gasteiger partial charge in [-0.3, -0.25) is 0 Å². The normalized spacial score (nSPS) is 53.8. The summed E-state index contributed by atoms with van der Waals surface area (Å²) in [6.45, 7) is 7.06. The summed E-state index contributed by atoms with van der Waals surface area (Å²) in [5.74, 6) is 3.05. The van der Waals surface area contributed by atoms with Crippen LogP contribution in [0.25, 0.3) is 0 Å². The van der Waals surface area contributed by atoms with Crippen LogP contribution < -0.4 is 5.73 Å². The second-order valence-corrected chi connectivity index (χ2v) is 9.73. The van der Waals surface area contributed by atoms with Gasteiger partial charge in [0.2, 0.25) is 0 Å². The van der Waals surface area contributed by atoms with E-state index >= 15 is 0 Å². The maximum atomic E-state index is 10.3. The molecule has 4 aliphatic rings. The van der Waals surface area contributed by atoms with Crippen LogP contribution in [0.15, 0.2) is 11.6 Å². The first-order valence-corrected chi connectivity index (χ1v) is 9.99. The maximum Gasteiger partial charge on any atom is 0.0545 e. The number of nitrogens with two attached hydrogens (primary N) is 1. The van der Waals surface area contributed by atoms with Gasteiger partial charge in [-0.2, -0.15) is 0 Å². The van der Waals surface area contributed by atoms with Crippen LogP contribution in [-0.4, -0.2) is 17.3 Å². The molecule has 0 amide bonds. The lowest BCUT2D eigenvalue weighted by molar-refractivity contribution is -0.0626. The third-order valence-corrected chi connectivity index (χ3v) is 8.80. The molecule has 2 nitrogen and oxygen atoms in total. The van der Waals surface area contributed by atoms with Gasteiger partial charge in [0.15, 0.2) is 0 Å². The van der Waals surface area contributed by atoms with Gasteiger partial charge >= 0.3 is 0 Å². The predicted molar refractivity (Wildman–Crippen MR) is 94.8 cm³/mol. The monoisotopic (exact) mass is 317 g/mol. The molecule has 3 saturated carbocycles. The molecule has 3 fully saturated rings. The second-order valence-electron chi connectivity index (χ2n) is 9.73. The number of allylic oxidation sites excluding steroid dienone is 1. The van der Waals surface area contributed by atoms with Gasteiger partial charge in [0.05, 0.1) is 6.10 Å². The molecule has 2 heteroatoms. The van der Waals surface area contributed by atoms with Crippen LogP contribution >= 0.6 is 0 Å². The molecular weight excluding hydrogens is 282 g/mol. The topological polar surface area (TPSA) is 46.2 Å². The Morgan fingerprint density at radius 2 is 1.91 bits per heavy atom. The van der Waals surface area contributed by atoms with Gasteiger partial charge in [-0.1, -0.05) is 25.5 Å². The highest BCUT2D eigenvalue weighted by Gasteiger charge is 2.59. The molecular formula is C21H35NO. The van der Waals surface area contributed by atoms with Gasteiger partial charge in [-0.05, 0) is 92.8 Å². The van der Waals surface area contributed by atoms with E-state index in [1.807, 2.05) is 6.92 Å². The first-order chi connectivity index (χ1) is 10.9. The zero-order valence-corrected chi connectivity index (χ0v) is 15.2. The first kappa shape index (κ1) is 16.1. The highest BCUT2D eigenvalue weighted by molar-refractivity contribution is 5.25. The minimum Gasteiger partial charge on any atom is -0.393 e. The van der Waals surface area contributed by atoms with Crippen LogP contribution in [0.1, 0.15) is 72.1 Å². The van der Waals surface area contributed by atoms with Crippen molar-refractivity contribution in [2.24, 2.45) is 40.2 Å². The predicted octanol–water partition coefficient (Wildman–Crippen LogP) is 4.27. The standard InChI is InChI=1S/C21H35NO/c1-13(23)17-6-7-18-16-5-4-14-12-15(22)8-10-20(14,2)19(16)9-11-21(17,18)3/h4,13,15-19,23H,5-12,22H2,1-3H3/t13-,15+,16+,17-,18+,19+,20+,21+/m1/s1. The quantitative estimate of drug-likeness (QED) is 0.709. The van der Waals surface area contributed by atoms with Crippen molar-refractivity contribution in [3.63, 3.8) is 0 Å². The minimum absolute atomic E-state index is 0.139. The summed E-state index contributed by atoms with van der Waals surface area (Å²) in [5, 5.41) is 10.3. The van der Waals surface area contributed by atoms with Gasteiger partial charge in [0.1, 0.15) is 0 Å². The van der Waals surface area contributed by atoms with E-state index in [4.69, 9.17) is 5.73 Å². The number of hydrogen-bond donors (Lipinski definition) is 2. The van der Waals surface area contributed by atoms with E-state index in [-0.39, 0.29) is 6.10 Å². The number of rotatable bonds is 1. The molecule has 8 atom stereocenters. The molecule has 4 aliphatic carbocycles. The van der Waals surface area contributed by atoms with Crippen LogP contribution in [-0.2, 0) is 0 Å². The number of aliphatic hydroxyl groups excluding tert-OH is 1. The average molecular weight is 318 g/mol. The molecule has 0 aromatic heterocycles. The SMILES string of the molecule is C[C@@H](O)[C@H]1CC[C@H]2[C@@H]3CC=C4C[C@@H](N)CC[C@]4(C)[C@H]3CC[C@@]12C. The summed E-state index contributed by atoms with van der Waals surface area (Å²) in [6, 6.07) is 0.394. The summed E-state index contributed by atoms with van der Waals surface area (Å²) >= 11 is 0. The lowest BCUT2D eigenvalue weighted by Gasteiger charge is -2.58. The third kappa shape index (κ3) is 2.20. The summed E-state index contributed by atoms with van der Waals surface area (Å²) in [4.78, 5) is 0. The molecule has 0 radical (unpaired) electrons. The number of fused-ring (bicyclic) bond motifs is 5. The maximum absolute atomic E-state index is 10.3. The van der Waals surface area contributed by atoms with Gasteiger partial charge in [0.25, 0.3) is 0 Å². The van der Waals surface area contributed by atoms with Crippen molar-refractivity contribution in [1.29, 1.82) is 0 Å².